The van der Waals surface area contributed by atoms with Gasteiger partial charge in [0.2, 0.25) is 0 Å². The summed E-state index contributed by atoms with van der Waals surface area (Å²) >= 11 is 0. The van der Waals surface area contributed by atoms with Crippen molar-refractivity contribution >= 4 is 0 Å². The van der Waals surface area contributed by atoms with E-state index in [2.05, 4.69) is 0 Å². The smallest absolute Gasteiger partial charge is 0.0662 e. The van der Waals surface area contributed by atoms with Crippen LogP contribution in [0.5, 0.6) is 0 Å². The lowest BCUT2D eigenvalue weighted by Gasteiger charge is -1.96. The van der Waals surface area contributed by atoms with Gasteiger partial charge >= 0.3 is 0 Å². The molecule has 1 N–H and O–H groups in total. The van der Waals surface area contributed by atoms with Gasteiger partial charge in [0.1, 0.15) is 0 Å². The maximum atomic E-state index is 8.63. The molecule has 1 heterocycles. The lowest BCUT2D eigenvalue weighted by Crippen LogP contribution is -1.99. The number of fused-ring (bicyclic) bond motifs is 1. The van der Waals surface area contributed by atoms with Crippen molar-refractivity contribution in [3.05, 3.63) is 0 Å². The number of ether oxygens (including phenoxy) is 1. The van der Waals surface area contributed by atoms with E-state index >= 15 is 0 Å². The zero-order chi connectivity index (χ0) is 5.56. The normalized spacial score (nSPS) is 51.4. The Labute approximate surface area is 48.5 Å². The highest BCUT2D eigenvalue weighted by Crippen LogP contribution is 2.48. The van der Waals surface area contributed by atoms with Gasteiger partial charge in [0, 0.05) is 19.1 Å². The van der Waals surface area contributed by atoms with E-state index in [0.717, 1.165) is 12.5 Å². The molecule has 0 bridgehead atoms. The van der Waals surface area contributed by atoms with Crippen LogP contribution in [-0.4, -0.2) is 24.4 Å². The van der Waals surface area contributed by atoms with Crippen LogP contribution in [-0.2, 0) is 4.74 Å². The molecule has 0 spiro atoms. The first-order valence-corrected chi connectivity index (χ1v) is 3.16. The van der Waals surface area contributed by atoms with Gasteiger partial charge in [-0.05, 0) is 12.3 Å². The number of rotatable bonds is 1. The Bertz CT molecular complexity index is 85.9. The Balaban J connectivity index is 1.94. The molecule has 0 aromatic heterocycles. The lowest BCUT2D eigenvalue weighted by molar-refractivity contribution is 0.119. The van der Waals surface area contributed by atoms with Crippen molar-refractivity contribution in [1.29, 1.82) is 0 Å². The summed E-state index contributed by atoms with van der Waals surface area (Å²) in [7, 11) is 0. The fraction of sp³-hybridized carbons (Fsp3) is 1.00. The summed E-state index contributed by atoms with van der Waals surface area (Å²) in [5, 5.41) is 8.63. The summed E-state index contributed by atoms with van der Waals surface area (Å²) in [5.41, 5.74) is 0. The molecule has 0 radical (unpaired) electrons. The second-order valence-corrected chi connectivity index (χ2v) is 2.63. The van der Waals surface area contributed by atoms with Crippen molar-refractivity contribution in [1.82, 2.24) is 0 Å². The highest BCUT2D eigenvalue weighted by atomic mass is 16.5. The summed E-state index contributed by atoms with van der Waals surface area (Å²) in [6.07, 6.45) is 1.62. The Morgan fingerprint density at radius 2 is 2.50 bits per heavy atom. The van der Waals surface area contributed by atoms with Crippen LogP contribution in [0, 0.1) is 11.8 Å². The number of aliphatic hydroxyl groups is 1. The first kappa shape index (κ1) is 4.77. The van der Waals surface area contributed by atoms with E-state index in [4.69, 9.17) is 9.84 Å². The van der Waals surface area contributed by atoms with E-state index in [9.17, 15) is 0 Å². The molecule has 2 heteroatoms. The van der Waals surface area contributed by atoms with Crippen LogP contribution in [0.15, 0.2) is 0 Å². The molecule has 1 aliphatic carbocycles. The van der Waals surface area contributed by atoms with Gasteiger partial charge in [0.15, 0.2) is 0 Å². The Morgan fingerprint density at radius 1 is 1.62 bits per heavy atom. The third-order valence-corrected chi connectivity index (χ3v) is 2.23. The fourth-order valence-electron chi connectivity index (χ4n) is 1.61. The topological polar surface area (TPSA) is 29.5 Å². The molecule has 0 aromatic rings. The van der Waals surface area contributed by atoms with E-state index in [0.29, 0.717) is 18.6 Å². The number of aliphatic hydroxyl groups excluding tert-OH is 1. The molecule has 46 valence electrons. The van der Waals surface area contributed by atoms with Crippen LogP contribution in [0.2, 0.25) is 0 Å². The van der Waals surface area contributed by atoms with Gasteiger partial charge < -0.3 is 9.84 Å². The summed E-state index contributed by atoms with van der Waals surface area (Å²) in [4.78, 5) is 0. The van der Waals surface area contributed by atoms with Crippen molar-refractivity contribution < 1.29 is 9.84 Å². The predicted molar refractivity (Wildman–Crippen MR) is 28.4 cm³/mol. The van der Waals surface area contributed by atoms with Crippen LogP contribution in [0.4, 0.5) is 0 Å². The van der Waals surface area contributed by atoms with Crippen LogP contribution < -0.4 is 0 Å². The maximum absolute atomic E-state index is 8.63. The zero-order valence-corrected chi connectivity index (χ0v) is 4.71. The Morgan fingerprint density at radius 3 is 2.88 bits per heavy atom. The van der Waals surface area contributed by atoms with Crippen molar-refractivity contribution in [3.8, 4) is 0 Å². The summed E-state index contributed by atoms with van der Waals surface area (Å²) in [5.74, 6) is 1.23. The van der Waals surface area contributed by atoms with Gasteiger partial charge in [0.25, 0.3) is 0 Å². The predicted octanol–water partition coefficient (Wildman–Crippen LogP) is 0.0136. The van der Waals surface area contributed by atoms with Crippen molar-refractivity contribution in [2.75, 3.05) is 13.2 Å². The average Bonchev–Trinajstić information content (AvgIpc) is 2.22. The van der Waals surface area contributed by atoms with Crippen molar-refractivity contribution in [2.24, 2.45) is 11.8 Å². The van der Waals surface area contributed by atoms with E-state index in [1.807, 2.05) is 0 Å². The van der Waals surface area contributed by atoms with Gasteiger partial charge in [-0.1, -0.05) is 0 Å². The molecule has 2 aliphatic rings. The first-order chi connectivity index (χ1) is 3.93. The van der Waals surface area contributed by atoms with E-state index in [1.165, 1.54) is 6.42 Å². The molecular formula is C6H10O2. The number of hydrogen-bond donors (Lipinski definition) is 1. The molecule has 2 nitrogen and oxygen atoms in total. The summed E-state index contributed by atoms with van der Waals surface area (Å²) < 4.78 is 5.27. The third kappa shape index (κ3) is 0.446. The quantitative estimate of drug-likeness (QED) is 0.520. The third-order valence-electron chi connectivity index (χ3n) is 2.23. The second-order valence-electron chi connectivity index (χ2n) is 2.63. The van der Waals surface area contributed by atoms with Gasteiger partial charge in [-0.15, -0.1) is 0 Å². The molecule has 2 rings (SSSR count). The molecule has 0 aromatic carbocycles. The Kier molecular flexibility index (Phi) is 0.866. The molecule has 1 saturated carbocycles. The molecule has 0 unspecified atom stereocenters. The molecule has 0 amide bonds. The summed E-state index contributed by atoms with van der Waals surface area (Å²) in [6.45, 7) is 1.25. The standard InChI is InChI=1S/C6H10O2/c7-3-5-4-1-2-8-6(4)5/h4-7H,1-3H2/t4-,5-,6+/m1/s1. The highest BCUT2D eigenvalue weighted by Gasteiger charge is 2.53. The van der Waals surface area contributed by atoms with Crippen LogP contribution in [0.1, 0.15) is 6.42 Å². The first-order valence-electron chi connectivity index (χ1n) is 3.16. The lowest BCUT2D eigenvalue weighted by atomic mass is 10.2. The Hall–Kier alpha value is -0.0800. The molecule has 1 aliphatic heterocycles. The second kappa shape index (κ2) is 1.45. The molecule has 2 fully saturated rings. The monoisotopic (exact) mass is 114 g/mol. The van der Waals surface area contributed by atoms with Crippen LogP contribution in [0.3, 0.4) is 0 Å². The highest BCUT2D eigenvalue weighted by molar-refractivity contribution is 5.01. The average molecular weight is 114 g/mol. The molecule has 1 saturated heterocycles. The van der Waals surface area contributed by atoms with E-state index < -0.39 is 0 Å². The summed E-state index contributed by atoms with van der Waals surface area (Å²) in [6, 6.07) is 0. The van der Waals surface area contributed by atoms with Crippen molar-refractivity contribution in [2.45, 2.75) is 12.5 Å². The minimum absolute atomic E-state index is 0.329. The molecular weight excluding hydrogens is 104 g/mol. The minimum atomic E-state index is 0.329. The SMILES string of the molecule is OC[C@@H]1[C@H]2CCO[C@H]12. The van der Waals surface area contributed by atoms with Gasteiger partial charge in [-0.3, -0.25) is 0 Å². The minimum Gasteiger partial charge on any atom is -0.396 e. The zero-order valence-electron chi connectivity index (χ0n) is 4.71. The van der Waals surface area contributed by atoms with Crippen molar-refractivity contribution in [3.63, 3.8) is 0 Å². The van der Waals surface area contributed by atoms with Crippen LogP contribution >= 0.6 is 0 Å². The maximum Gasteiger partial charge on any atom is 0.0662 e. The van der Waals surface area contributed by atoms with Gasteiger partial charge in [0.05, 0.1) is 6.10 Å². The van der Waals surface area contributed by atoms with E-state index in [1.54, 1.807) is 0 Å². The molecule has 3 atom stereocenters. The fourth-order valence-corrected chi connectivity index (χ4v) is 1.61. The van der Waals surface area contributed by atoms with Gasteiger partial charge in [-0.25, -0.2) is 0 Å². The molecule has 8 heavy (non-hydrogen) atoms. The van der Waals surface area contributed by atoms with E-state index in [-0.39, 0.29) is 0 Å². The van der Waals surface area contributed by atoms with Gasteiger partial charge in [-0.2, -0.15) is 0 Å². The van der Waals surface area contributed by atoms with Crippen LogP contribution in [0.25, 0.3) is 0 Å². The largest absolute Gasteiger partial charge is 0.396 e. The number of hydrogen-bond acceptors (Lipinski definition) is 2.